The molecule has 2 aromatic heterocycles. The van der Waals surface area contributed by atoms with Gasteiger partial charge in [0, 0.05) is 13.6 Å². The van der Waals surface area contributed by atoms with E-state index in [0.717, 1.165) is 5.56 Å². The lowest BCUT2D eigenvalue weighted by molar-refractivity contribution is -0.121. The molecule has 0 unspecified atom stereocenters. The molecule has 3 rings (SSSR count). The largest absolute Gasteiger partial charge is 0.350 e. The molecule has 0 atom stereocenters. The molecule has 0 aliphatic carbocycles. The number of nitrogens with one attached hydrogen (secondary N) is 1. The Bertz CT molecular complexity index is 868. The summed E-state index contributed by atoms with van der Waals surface area (Å²) in [6.07, 6.45) is 1.33. The Morgan fingerprint density at radius 3 is 2.82 bits per heavy atom. The van der Waals surface area contributed by atoms with Gasteiger partial charge in [0.05, 0.1) is 0 Å². The van der Waals surface area contributed by atoms with Crippen molar-refractivity contribution in [1.29, 1.82) is 0 Å². The first-order chi connectivity index (χ1) is 10.6. The van der Waals surface area contributed by atoms with Crippen LogP contribution in [0.1, 0.15) is 5.56 Å². The van der Waals surface area contributed by atoms with Crippen molar-refractivity contribution in [1.82, 2.24) is 29.9 Å². The first-order valence-corrected chi connectivity index (χ1v) is 6.70. The molecule has 0 bridgehead atoms. The van der Waals surface area contributed by atoms with Gasteiger partial charge in [-0.1, -0.05) is 35.5 Å². The molecule has 112 valence electrons. The average molecular weight is 298 g/mol. The number of benzene rings is 1. The molecule has 1 N–H and O–H groups in total. The SMILES string of the molecule is Cn1nnc2c(=O)n(CC(=O)NCc3ccccc3)cnc21. The van der Waals surface area contributed by atoms with Crippen LogP contribution >= 0.6 is 0 Å². The van der Waals surface area contributed by atoms with Crippen LogP contribution in [0, 0.1) is 0 Å². The van der Waals surface area contributed by atoms with E-state index in [1.807, 2.05) is 30.3 Å². The van der Waals surface area contributed by atoms with Crippen molar-refractivity contribution < 1.29 is 4.79 Å². The highest BCUT2D eigenvalue weighted by Gasteiger charge is 2.11. The highest BCUT2D eigenvalue weighted by atomic mass is 16.2. The summed E-state index contributed by atoms with van der Waals surface area (Å²) in [5.74, 6) is -0.268. The lowest BCUT2D eigenvalue weighted by atomic mass is 10.2. The second-order valence-electron chi connectivity index (χ2n) is 4.83. The monoisotopic (exact) mass is 298 g/mol. The minimum absolute atomic E-state index is 0.106. The molecule has 8 nitrogen and oxygen atoms in total. The molecule has 0 spiro atoms. The van der Waals surface area contributed by atoms with Crippen molar-refractivity contribution in [2.24, 2.45) is 7.05 Å². The van der Waals surface area contributed by atoms with Gasteiger partial charge in [-0.3, -0.25) is 14.2 Å². The van der Waals surface area contributed by atoms with Gasteiger partial charge in [0.2, 0.25) is 5.91 Å². The molecular formula is C14H14N6O2. The third-order valence-electron chi connectivity index (χ3n) is 3.23. The molecular weight excluding hydrogens is 284 g/mol. The first kappa shape index (κ1) is 13.9. The highest BCUT2D eigenvalue weighted by Crippen LogP contribution is 2.00. The Morgan fingerprint density at radius 1 is 1.27 bits per heavy atom. The minimum Gasteiger partial charge on any atom is -0.350 e. The molecule has 0 aliphatic heterocycles. The van der Waals surface area contributed by atoms with Gasteiger partial charge in [0.15, 0.2) is 11.2 Å². The number of amides is 1. The van der Waals surface area contributed by atoms with E-state index < -0.39 is 0 Å². The fraction of sp³-hybridized carbons (Fsp3) is 0.214. The van der Waals surface area contributed by atoms with Gasteiger partial charge in [0.1, 0.15) is 12.9 Å². The molecule has 0 fully saturated rings. The number of aromatic nitrogens is 5. The van der Waals surface area contributed by atoms with E-state index >= 15 is 0 Å². The molecule has 1 amide bonds. The van der Waals surface area contributed by atoms with Crippen LogP contribution in [-0.2, 0) is 24.9 Å². The van der Waals surface area contributed by atoms with Gasteiger partial charge in [-0.15, -0.1) is 5.10 Å². The van der Waals surface area contributed by atoms with Crippen LogP contribution in [0.3, 0.4) is 0 Å². The quantitative estimate of drug-likeness (QED) is 0.722. The van der Waals surface area contributed by atoms with Crippen LogP contribution < -0.4 is 10.9 Å². The molecule has 2 heterocycles. The van der Waals surface area contributed by atoms with Gasteiger partial charge in [0.25, 0.3) is 5.56 Å². The maximum Gasteiger partial charge on any atom is 0.283 e. The molecule has 8 heteroatoms. The van der Waals surface area contributed by atoms with Crippen molar-refractivity contribution in [2.45, 2.75) is 13.1 Å². The third kappa shape index (κ3) is 2.71. The van der Waals surface area contributed by atoms with Crippen LogP contribution in [0.4, 0.5) is 0 Å². The average Bonchev–Trinajstić information content (AvgIpc) is 2.91. The maximum atomic E-state index is 12.2. The second kappa shape index (κ2) is 5.76. The topological polar surface area (TPSA) is 94.7 Å². The predicted octanol–water partition coefficient (Wildman–Crippen LogP) is -0.159. The number of carbonyl (C=O) groups is 1. The van der Waals surface area contributed by atoms with E-state index in [9.17, 15) is 9.59 Å². The van der Waals surface area contributed by atoms with E-state index in [-0.39, 0.29) is 23.5 Å². The number of aryl methyl sites for hydroxylation is 1. The summed E-state index contributed by atoms with van der Waals surface area (Å²) in [6.45, 7) is 0.306. The van der Waals surface area contributed by atoms with Crippen LogP contribution in [-0.4, -0.2) is 30.5 Å². The summed E-state index contributed by atoms with van der Waals surface area (Å²) in [4.78, 5) is 28.2. The number of fused-ring (bicyclic) bond motifs is 1. The van der Waals surface area contributed by atoms with Crippen LogP contribution in [0.25, 0.3) is 11.2 Å². The zero-order chi connectivity index (χ0) is 15.5. The molecule has 1 aromatic carbocycles. The van der Waals surface area contributed by atoms with Crippen molar-refractivity contribution in [2.75, 3.05) is 0 Å². The Hall–Kier alpha value is -3.03. The Balaban J connectivity index is 1.71. The van der Waals surface area contributed by atoms with Crippen molar-refractivity contribution in [3.63, 3.8) is 0 Å². The molecule has 0 saturated heterocycles. The minimum atomic E-state index is -0.382. The summed E-state index contributed by atoms with van der Waals surface area (Å²) in [5.41, 5.74) is 1.16. The summed E-state index contributed by atoms with van der Waals surface area (Å²) in [5, 5.41) is 10.3. The number of nitrogens with zero attached hydrogens (tertiary/aromatic N) is 5. The van der Waals surface area contributed by atoms with Crippen molar-refractivity contribution in [3.05, 3.63) is 52.6 Å². The zero-order valence-corrected chi connectivity index (χ0v) is 11.9. The lowest BCUT2D eigenvalue weighted by Crippen LogP contribution is -2.32. The van der Waals surface area contributed by atoms with E-state index in [0.29, 0.717) is 12.2 Å². The number of rotatable bonds is 4. The number of hydrogen-bond donors (Lipinski definition) is 1. The number of hydrogen-bond acceptors (Lipinski definition) is 5. The van der Waals surface area contributed by atoms with Gasteiger partial charge >= 0.3 is 0 Å². The standard InChI is InChI=1S/C14H14N6O2/c1-19-13-12(17-18-19)14(22)20(9-16-13)8-11(21)15-7-10-5-3-2-4-6-10/h2-6,9H,7-8H2,1H3,(H,15,21). The maximum absolute atomic E-state index is 12.2. The molecule has 0 radical (unpaired) electrons. The summed E-state index contributed by atoms with van der Waals surface area (Å²) < 4.78 is 2.63. The Morgan fingerprint density at radius 2 is 2.05 bits per heavy atom. The second-order valence-corrected chi connectivity index (χ2v) is 4.83. The van der Waals surface area contributed by atoms with Crippen LogP contribution in [0.15, 0.2) is 41.5 Å². The van der Waals surface area contributed by atoms with Gasteiger partial charge in [-0.05, 0) is 5.56 Å². The summed E-state index contributed by atoms with van der Waals surface area (Å²) in [7, 11) is 1.65. The number of carbonyl (C=O) groups excluding carboxylic acids is 1. The predicted molar refractivity (Wildman–Crippen MR) is 78.9 cm³/mol. The summed E-state index contributed by atoms with van der Waals surface area (Å²) in [6, 6.07) is 9.54. The van der Waals surface area contributed by atoms with Crippen molar-refractivity contribution >= 4 is 17.1 Å². The van der Waals surface area contributed by atoms with E-state index in [1.54, 1.807) is 7.05 Å². The highest BCUT2D eigenvalue weighted by molar-refractivity contribution is 5.76. The van der Waals surface area contributed by atoms with Gasteiger partial charge in [-0.2, -0.15) is 0 Å². The molecule has 3 aromatic rings. The lowest BCUT2D eigenvalue weighted by Gasteiger charge is -2.07. The smallest absolute Gasteiger partial charge is 0.283 e. The zero-order valence-electron chi connectivity index (χ0n) is 11.9. The van der Waals surface area contributed by atoms with E-state index in [1.165, 1.54) is 15.6 Å². The first-order valence-electron chi connectivity index (χ1n) is 6.70. The summed E-state index contributed by atoms with van der Waals surface area (Å²) >= 11 is 0. The molecule has 22 heavy (non-hydrogen) atoms. The van der Waals surface area contributed by atoms with E-state index in [4.69, 9.17) is 0 Å². The molecule has 0 aliphatic rings. The van der Waals surface area contributed by atoms with Crippen LogP contribution in [0.5, 0.6) is 0 Å². The fourth-order valence-corrected chi connectivity index (χ4v) is 2.07. The fourth-order valence-electron chi connectivity index (χ4n) is 2.07. The Labute approximate surface area is 125 Å². The normalized spacial score (nSPS) is 10.8. The van der Waals surface area contributed by atoms with Gasteiger partial charge < -0.3 is 5.32 Å². The van der Waals surface area contributed by atoms with Crippen LogP contribution in [0.2, 0.25) is 0 Å². The van der Waals surface area contributed by atoms with Gasteiger partial charge in [-0.25, -0.2) is 9.67 Å². The third-order valence-corrected chi connectivity index (χ3v) is 3.23. The van der Waals surface area contributed by atoms with Crippen molar-refractivity contribution in [3.8, 4) is 0 Å². The van der Waals surface area contributed by atoms with E-state index in [2.05, 4.69) is 20.6 Å². The molecule has 0 saturated carbocycles. The Kier molecular flexibility index (Phi) is 3.65.